The summed E-state index contributed by atoms with van der Waals surface area (Å²) in [6.07, 6.45) is 3.37. The molecule has 0 saturated heterocycles. The van der Waals surface area contributed by atoms with Crippen molar-refractivity contribution in [1.82, 2.24) is 9.97 Å². The van der Waals surface area contributed by atoms with Crippen LogP contribution in [0.15, 0.2) is 29.9 Å². The lowest BCUT2D eigenvalue weighted by atomic mass is 10.5. The van der Waals surface area contributed by atoms with Crippen molar-refractivity contribution in [3.63, 3.8) is 0 Å². The van der Waals surface area contributed by atoms with Crippen LogP contribution in [0.25, 0.3) is 0 Å². The monoisotopic (exact) mass is 207 g/mol. The number of ether oxygens (including phenoxy) is 1. The Morgan fingerprint density at radius 3 is 3.07 bits per heavy atom. The van der Waals surface area contributed by atoms with Gasteiger partial charge >= 0.3 is 0 Å². The summed E-state index contributed by atoms with van der Waals surface area (Å²) in [6, 6.07) is 3.68. The van der Waals surface area contributed by atoms with Crippen LogP contribution in [0.3, 0.4) is 0 Å². The molecule has 0 amide bonds. The maximum atomic E-state index is 5.48. The Morgan fingerprint density at radius 1 is 1.50 bits per heavy atom. The molecule has 0 saturated carbocycles. The van der Waals surface area contributed by atoms with Crippen molar-refractivity contribution in [2.75, 3.05) is 5.73 Å². The topological polar surface area (TPSA) is 61.0 Å². The Kier molecular flexibility index (Phi) is 2.60. The van der Waals surface area contributed by atoms with Gasteiger partial charge < -0.3 is 10.5 Å². The molecule has 5 heteroatoms. The van der Waals surface area contributed by atoms with Crippen LogP contribution in [0.1, 0.15) is 5.01 Å². The number of pyridine rings is 1. The average Bonchev–Trinajstić information content (AvgIpc) is 2.63. The molecule has 0 fully saturated rings. The molecule has 0 aliphatic rings. The summed E-state index contributed by atoms with van der Waals surface area (Å²) in [4.78, 5) is 8.01. The van der Waals surface area contributed by atoms with E-state index >= 15 is 0 Å². The van der Waals surface area contributed by atoms with Crippen molar-refractivity contribution in [1.29, 1.82) is 0 Å². The molecule has 0 spiro atoms. The minimum atomic E-state index is 0.438. The van der Waals surface area contributed by atoms with Gasteiger partial charge in [-0.2, -0.15) is 0 Å². The smallest absolute Gasteiger partial charge is 0.140 e. The van der Waals surface area contributed by atoms with Gasteiger partial charge in [0.1, 0.15) is 23.2 Å². The first kappa shape index (κ1) is 8.96. The van der Waals surface area contributed by atoms with E-state index in [0.29, 0.717) is 12.4 Å². The van der Waals surface area contributed by atoms with E-state index in [9.17, 15) is 0 Å². The van der Waals surface area contributed by atoms with Gasteiger partial charge in [0.2, 0.25) is 0 Å². The van der Waals surface area contributed by atoms with E-state index in [2.05, 4.69) is 9.97 Å². The number of rotatable bonds is 3. The highest BCUT2D eigenvalue weighted by molar-refractivity contribution is 7.09. The van der Waals surface area contributed by atoms with Crippen molar-refractivity contribution < 1.29 is 4.74 Å². The van der Waals surface area contributed by atoms with Gasteiger partial charge in [0.15, 0.2) is 0 Å². The molecular weight excluding hydrogens is 198 g/mol. The van der Waals surface area contributed by atoms with Gasteiger partial charge in [-0.1, -0.05) is 0 Å². The van der Waals surface area contributed by atoms with Gasteiger partial charge in [-0.15, -0.1) is 11.3 Å². The molecule has 0 aliphatic heterocycles. The first-order valence-corrected chi connectivity index (χ1v) is 4.95. The lowest BCUT2D eigenvalue weighted by Gasteiger charge is -2.01. The third-order valence-electron chi connectivity index (χ3n) is 1.57. The molecule has 2 aromatic heterocycles. The van der Waals surface area contributed by atoms with Gasteiger partial charge in [0.25, 0.3) is 0 Å². The lowest BCUT2D eigenvalue weighted by Crippen LogP contribution is -1.95. The third-order valence-corrected chi connectivity index (χ3v) is 2.41. The zero-order valence-electron chi connectivity index (χ0n) is 7.38. The summed E-state index contributed by atoms with van der Waals surface area (Å²) in [5.74, 6) is 1.28. The molecule has 0 aromatic carbocycles. The fourth-order valence-electron chi connectivity index (χ4n) is 0.969. The van der Waals surface area contributed by atoms with E-state index in [1.165, 1.54) is 11.3 Å². The summed E-state index contributed by atoms with van der Waals surface area (Å²) in [5, 5.41) is 2.66. The number of hydrogen-bond donors (Lipinski definition) is 1. The normalized spacial score (nSPS) is 10.0. The van der Waals surface area contributed by atoms with Crippen LogP contribution in [-0.4, -0.2) is 9.97 Å². The molecule has 2 N–H and O–H groups in total. The molecule has 2 aromatic rings. The second-order valence-electron chi connectivity index (χ2n) is 2.64. The number of thiazole rings is 1. The number of anilines is 1. The predicted octanol–water partition coefficient (Wildman–Crippen LogP) is 1.70. The van der Waals surface area contributed by atoms with Crippen LogP contribution >= 0.6 is 11.3 Å². The van der Waals surface area contributed by atoms with Gasteiger partial charge in [-0.3, -0.25) is 4.98 Å². The second-order valence-corrected chi connectivity index (χ2v) is 3.59. The number of nitrogen functional groups attached to an aromatic ring is 1. The first-order valence-electron chi connectivity index (χ1n) is 4.07. The minimum absolute atomic E-state index is 0.438. The summed E-state index contributed by atoms with van der Waals surface area (Å²) >= 11 is 1.49. The molecule has 0 atom stereocenters. The van der Waals surface area contributed by atoms with Crippen LogP contribution in [0, 0.1) is 0 Å². The Labute approximate surface area is 85.4 Å². The molecule has 0 unspecified atom stereocenters. The Bertz CT molecular complexity index is 401. The fraction of sp³-hybridized carbons (Fsp3) is 0.111. The van der Waals surface area contributed by atoms with Crippen LogP contribution in [0.5, 0.6) is 5.75 Å². The van der Waals surface area contributed by atoms with E-state index in [4.69, 9.17) is 10.5 Å². The molecule has 0 bridgehead atoms. The third kappa shape index (κ3) is 2.20. The van der Waals surface area contributed by atoms with Crippen molar-refractivity contribution in [2.24, 2.45) is 0 Å². The highest BCUT2D eigenvalue weighted by Crippen LogP contribution is 2.14. The number of nitrogens with two attached hydrogens (primary N) is 1. The number of hydrogen-bond acceptors (Lipinski definition) is 5. The van der Waals surface area contributed by atoms with E-state index in [-0.39, 0.29) is 0 Å². The van der Waals surface area contributed by atoms with Gasteiger partial charge in [0, 0.05) is 11.6 Å². The lowest BCUT2D eigenvalue weighted by molar-refractivity contribution is 0.304. The molecule has 0 aliphatic carbocycles. The number of nitrogens with zero attached hydrogens (tertiary/aromatic N) is 2. The Hall–Kier alpha value is -1.62. The molecule has 2 heterocycles. The zero-order valence-corrected chi connectivity index (χ0v) is 8.20. The highest BCUT2D eigenvalue weighted by Gasteiger charge is 1.99. The van der Waals surface area contributed by atoms with E-state index < -0.39 is 0 Å². The summed E-state index contributed by atoms with van der Waals surface area (Å²) < 4.78 is 5.44. The van der Waals surface area contributed by atoms with Gasteiger partial charge in [0.05, 0.1) is 6.20 Å². The quantitative estimate of drug-likeness (QED) is 0.832. The average molecular weight is 207 g/mol. The van der Waals surface area contributed by atoms with Crippen LogP contribution in [0.2, 0.25) is 0 Å². The minimum Gasteiger partial charge on any atom is -0.485 e. The van der Waals surface area contributed by atoms with Gasteiger partial charge in [-0.05, 0) is 12.1 Å². The maximum Gasteiger partial charge on any atom is 0.140 e. The standard InChI is InChI=1S/C9H9N3OS/c10-8-6-14-9(12-8)5-13-7-2-1-3-11-4-7/h1-4,6H,5,10H2. The maximum absolute atomic E-state index is 5.48. The van der Waals surface area contributed by atoms with Crippen molar-refractivity contribution in [3.05, 3.63) is 34.9 Å². The summed E-state index contributed by atoms with van der Waals surface area (Å²) in [5.41, 5.74) is 5.48. The fourth-order valence-corrected chi connectivity index (χ4v) is 1.56. The van der Waals surface area contributed by atoms with Crippen LogP contribution in [-0.2, 0) is 6.61 Å². The zero-order chi connectivity index (χ0) is 9.80. The van der Waals surface area contributed by atoms with Crippen molar-refractivity contribution in [3.8, 4) is 5.75 Å². The number of aromatic nitrogens is 2. The van der Waals surface area contributed by atoms with Crippen molar-refractivity contribution >= 4 is 17.2 Å². The molecule has 4 nitrogen and oxygen atoms in total. The molecule has 14 heavy (non-hydrogen) atoms. The van der Waals surface area contributed by atoms with Gasteiger partial charge in [-0.25, -0.2) is 4.98 Å². The van der Waals surface area contributed by atoms with E-state index in [0.717, 1.165) is 10.8 Å². The van der Waals surface area contributed by atoms with Crippen LogP contribution < -0.4 is 10.5 Å². The molecule has 2 rings (SSSR count). The molecule has 72 valence electrons. The predicted molar refractivity (Wildman–Crippen MR) is 55.1 cm³/mol. The van der Waals surface area contributed by atoms with Crippen LogP contribution in [0.4, 0.5) is 5.82 Å². The highest BCUT2D eigenvalue weighted by atomic mass is 32.1. The largest absolute Gasteiger partial charge is 0.485 e. The molecular formula is C9H9N3OS. The summed E-state index contributed by atoms with van der Waals surface area (Å²) in [6.45, 7) is 0.438. The first-order chi connectivity index (χ1) is 6.84. The Morgan fingerprint density at radius 2 is 2.43 bits per heavy atom. The van der Waals surface area contributed by atoms with E-state index in [1.54, 1.807) is 17.8 Å². The Balaban J connectivity index is 1.95. The SMILES string of the molecule is Nc1csc(COc2cccnc2)n1. The summed E-state index contributed by atoms with van der Waals surface area (Å²) in [7, 11) is 0. The van der Waals surface area contributed by atoms with Crippen molar-refractivity contribution in [2.45, 2.75) is 6.61 Å². The second kappa shape index (κ2) is 4.06. The molecule has 0 radical (unpaired) electrons. The van der Waals surface area contributed by atoms with E-state index in [1.807, 2.05) is 12.1 Å².